The number of hydrogen-bond acceptors (Lipinski definition) is 4. The van der Waals surface area contributed by atoms with Gasteiger partial charge in [-0.05, 0) is 12.8 Å². The van der Waals surface area contributed by atoms with Crippen molar-refractivity contribution in [3.8, 4) is 0 Å². The van der Waals surface area contributed by atoms with Crippen molar-refractivity contribution in [1.29, 1.82) is 0 Å². The minimum atomic E-state index is -0.433. The first-order valence-electron chi connectivity index (χ1n) is 6.81. The standard InChI is InChI=1S/C13H19N3O4/c17-10-4-2-1-3-9(10)7-14-12(19)8-16-13(20)6-5-11(18)15-16/h5-6,9-10,17H,1-4,7-8H2,(H,14,19)(H,15,18). The monoisotopic (exact) mass is 281 g/mol. The van der Waals surface area contributed by atoms with Gasteiger partial charge in [-0.25, -0.2) is 4.68 Å². The van der Waals surface area contributed by atoms with Crippen LogP contribution in [-0.2, 0) is 11.3 Å². The Morgan fingerprint density at radius 1 is 1.35 bits per heavy atom. The Morgan fingerprint density at radius 3 is 2.85 bits per heavy atom. The van der Waals surface area contributed by atoms with Crippen molar-refractivity contribution >= 4 is 5.91 Å². The molecule has 110 valence electrons. The molecule has 1 amide bonds. The normalized spacial score (nSPS) is 22.4. The molecule has 1 fully saturated rings. The average Bonchev–Trinajstić information content (AvgIpc) is 2.42. The van der Waals surface area contributed by atoms with E-state index in [1.807, 2.05) is 0 Å². The third kappa shape index (κ3) is 3.80. The Kier molecular flexibility index (Phi) is 4.73. The Balaban J connectivity index is 1.87. The van der Waals surface area contributed by atoms with Crippen LogP contribution in [0.2, 0.25) is 0 Å². The van der Waals surface area contributed by atoms with Gasteiger partial charge in [0.25, 0.3) is 11.1 Å². The zero-order chi connectivity index (χ0) is 14.5. The molecule has 7 nitrogen and oxygen atoms in total. The SMILES string of the molecule is O=C(Cn1[nH]c(=O)ccc1=O)NCC1CCCCC1O. The number of nitrogens with zero attached hydrogens (tertiary/aromatic N) is 1. The Morgan fingerprint density at radius 2 is 2.10 bits per heavy atom. The second-order valence-corrected chi connectivity index (χ2v) is 5.15. The van der Waals surface area contributed by atoms with Crippen LogP contribution >= 0.6 is 0 Å². The van der Waals surface area contributed by atoms with Gasteiger partial charge in [0.1, 0.15) is 6.54 Å². The van der Waals surface area contributed by atoms with Crippen molar-refractivity contribution in [2.75, 3.05) is 6.54 Å². The largest absolute Gasteiger partial charge is 0.393 e. The van der Waals surface area contributed by atoms with Crippen LogP contribution in [0.5, 0.6) is 0 Å². The number of aliphatic hydroxyl groups excluding tert-OH is 1. The van der Waals surface area contributed by atoms with E-state index < -0.39 is 11.1 Å². The van der Waals surface area contributed by atoms with E-state index >= 15 is 0 Å². The molecule has 0 radical (unpaired) electrons. The molecular weight excluding hydrogens is 262 g/mol. The molecule has 1 aromatic rings. The summed E-state index contributed by atoms with van der Waals surface area (Å²) in [5.74, 6) is -0.286. The summed E-state index contributed by atoms with van der Waals surface area (Å²) in [5.41, 5.74) is -0.863. The highest BCUT2D eigenvalue weighted by molar-refractivity contribution is 5.75. The third-order valence-corrected chi connectivity index (χ3v) is 3.62. The summed E-state index contributed by atoms with van der Waals surface area (Å²) in [4.78, 5) is 34.3. The first-order valence-corrected chi connectivity index (χ1v) is 6.81. The second-order valence-electron chi connectivity index (χ2n) is 5.15. The highest BCUT2D eigenvalue weighted by Crippen LogP contribution is 2.23. The van der Waals surface area contributed by atoms with Crippen LogP contribution in [0.4, 0.5) is 0 Å². The van der Waals surface area contributed by atoms with E-state index in [1.165, 1.54) is 0 Å². The molecule has 1 heterocycles. The zero-order valence-corrected chi connectivity index (χ0v) is 11.2. The van der Waals surface area contributed by atoms with Crippen LogP contribution in [0.3, 0.4) is 0 Å². The molecule has 20 heavy (non-hydrogen) atoms. The van der Waals surface area contributed by atoms with E-state index in [1.54, 1.807) is 0 Å². The van der Waals surface area contributed by atoms with Crippen molar-refractivity contribution in [3.05, 3.63) is 32.8 Å². The maximum Gasteiger partial charge on any atom is 0.265 e. The summed E-state index contributed by atoms with van der Waals surface area (Å²) in [5, 5.41) is 14.8. The molecule has 3 N–H and O–H groups in total. The fourth-order valence-corrected chi connectivity index (χ4v) is 2.45. The molecule has 0 spiro atoms. The quantitative estimate of drug-likeness (QED) is 0.672. The summed E-state index contributed by atoms with van der Waals surface area (Å²) in [6.07, 6.45) is 3.37. The van der Waals surface area contributed by atoms with E-state index in [0.29, 0.717) is 6.54 Å². The lowest BCUT2D eigenvalue weighted by Crippen LogP contribution is -2.40. The predicted molar refractivity (Wildman–Crippen MR) is 72.3 cm³/mol. The average molecular weight is 281 g/mol. The highest BCUT2D eigenvalue weighted by atomic mass is 16.3. The summed E-state index contributed by atoms with van der Waals surface area (Å²) >= 11 is 0. The molecule has 2 atom stereocenters. The third-order valence-electron chi connectivity index (χ3n) is 3.62. The number of hydrogen-bond donors (Lipinski definition) is 3. The Bertz CT molecular complexity index is 577. The van der Waals surface area contributed by atoms with Gasteiger partial charge in [-0.15, -0.1) is 0 Å². The van der Waals surface area contributed by atoms with Gasteiger partial charge in [0.05, 0.1) is 6.10 Å². The summed E-state index contributed by atoms with van der Waals surface area (Å²) in [6, 6.07) is 2.24. The van der Waals surface area contributed by atoms with Crippen LogP contribution in [0, 0.1) is 5.92 Å². The second kappa shape index (κ2) is 6.51. The van der Waals surface area contributed by atoms with Gasteiger partial charge >= 0.3 is 0 Å². The van der Waals surface area contributed by atoms with Gasteiger partial charge in [-0.1, -0.05) is 12.8 Å². The molecule has 0 aromatic carbocycles. The lowest BCUT2D eigenvalue weighted by Gasteiger charge is -2.27. The van der Waals surface area contributed by atoms with Gasteiger partial charge < -0.3 is 10.4 Å². The molecule has 1 aromatic heterocycles. The lowest BCUT2D eigenvalue weighted by atomic mass is 9.86. The number of carbonyl (C=O) groups excluding carboxylic acids is 1. The maximum absolute atomic E-state index is 11.8. The van der Waals surface area contributed by atoms with Crippen molar-refractivity contribution in [1.82, 2.24) is 15.1 Å². The number of aliphatic hydroxyl groups is 1. The van der Waals surface area contributed by atoms with Crippen molar-refractivity contribution in [2.45, 2.75) is 38.3 Å². The molecule has 1 saturated carbocycles. The molecule has 1 aliphatic rings. The number of aromatic nitrogens is 2. The van der Waals surface area contributed by atoms with E-state index in [0.717, 1.165) is 42.5 Å². The minimum Gasteiger partial charge on any atom is -0.393 e. The number of nitrogens with one attached hydrogen (secondary N) is 2. The van der Waals surface area contributed by atoms with E-state index in [2.05, 4.69) is 10.4 Å². The number of rotatable bonds is 4. The summed E-state index contributed by atoms with van der Waals surface area (Å²) in [7, 11) is 0. The van der Waals surface area contributed by atoms with Crippen molar-refractivity contribution in [2.24, 2.45) is 5.92 Å². The number of carbonyl (C=O) groups is 1. The van der Waals surface area contributed by atoms with Gasteiger partial charge in [0.2, 0.25) is 5.91 Å². The molecule has 7 heteroatoms. The van der Waals surface area contributed by atoms with Crippen LogP contribution in [-0.4, -0.2) is 33.4 Å². The topological polar surface area (TPSA) is 104 Å². The zero-order valence-electron chi connectivity index (χ0n) is 11.2. The van der Waals surface area contributed by atoms with Crippen LogP contribution in [0.1, 0.15) is 25.7 Å². The maximum atomic E-state index is 11.8. The Labute approximate surface area is 115 Å². The fraction of sp³-hybridized carbons (Fsp3) is 0.615. The molecule has 1 aliphatic carbocycles. The first kappa shape index (κ1) is 14.5. The minimum absolute atomic E-state index is 0.0687. The summed E-state index contributed by atoms with van der Waals surface area (Å²) in [6.45, 7) is 0.170. The lowest BCUT2D eigenvalue weighted by molar-refractivity contribution is -0.122. The van der Waals surface area contributed by atoms with Gasteiger partial charge in [0, 0.05) is 24.6 Å². The number of aromatic amines is 1. The van der Waals surface area contributed by atoms with E-state index in [4.69, 9.17) is 0 Å². The van der Waals surface area contributed by atoms with Crippen LogP contribution in [0.25, 0.3) is 0 Å². The van der Waals surface area contributed by atoms with Crippen LogP contribution < -0.4 is 16.4 Å². The number of H-pyrrole nitrogens is 1. The van der Waals surface area contributed by atoms with E-state index in [-0.39, 0.29) is 24.5 Å². The van der Waals surface area contributed by atoms with Gasteiger partial charge in [-0.3, -0.25) is 19.5 Å². The van der Waals surface area contributed by atoms with Crippen molar-refractivity contribution < 1.29 is 9.90 Å². The molecule has 2 rings (SSSR count). The van der Waals surface area contributed by atoms with Crippen LogP contribution in [0.15, 0.2) is 21.7 Å². The first-order chi connectivity index (χ1) is 9.56. The van der Waals surface area contributed by atoms with E-state index in [9.17, 15) is 19.5 Å². The number of amides is 1. The molecule has 2 unspecified atom stereocenters. The van der Waals surface area contributed by atoms with Crippen molar-refractivity contribution in [3.63, 3.8) is 0 Å². The molecule has 0 bridgehead atoms. The predicted octanol–water partition coefficient (Wildman–Crippen LogP) is -0.796. The smallest absolute Gasteiger partial charge is 0.265 e. The molecular formula is C13H19N3O4. The molecule has 0 saturated heterocycles. The Hall–Kier alpha value is -1.89. The van der Waals surface area contributed by atoms with Gasteiger partial charge in [-0.2, -0.15) is 0 Å². The summed E-state index contributed by atoms with van der Waals surface area (Å²) < 4.78 is 0.967. The highest BCUT2D eigenvalue weighted by Gasteiger charge is 2.23. The van der Waals surface area contributed by atoms with Gasteiger partial charge in [0.15, 0.2) is 0 Å². The fourth-order valence-electron chi connectivity index (χ4n) is 2.45. The molecule has 0 aliphatic heterocycles.